The molecule has 6 nitrogen and oxygen atoms in total. The van der Waals surface area contributed by atoms with E-state index in [1.165, 1.54) is 32.6 Å². The molecule has 1 fully saturated rings. The molecule has 1 aromatic rings. The SMILES string of the molecule is CCNC(=NCCOc1cccc(NC(C)=O)c1)NC1CCC(C)CC1.I. The van der Waals surface area contributed by atoms with Gasteiger partial charge in [-0.1, -0.05) is 13.0 Å². The Bertz CT molecular complexity index is 601. The number of hydrogen-bond donors (Lipinski definition) is 3. The number of aliphatic imine (C=N–C) groups is 1. The fraction of sp³-hybridized carbons (Fsp3) is 0.600. The second-order valence-electron chi connectivity index (χ2n) is 6.92. The van der Waals surface area contributed by atoms with Crippen LogP contribution in [0.1, 0.15) is 46.5 Å². The summed E-state index contributed by atoms with van der Waals surface area (Å²) >= 11 is 0. The van der Waals surface area contributed by atoms with Crippen molar-refractivity contribution in [3.8, 4) is 5.75 Å². The van der Waals surface area contributed by atoms with Gasteiger partial charge < -0.3 is 20.7 Å². The fourth-order valence-corrected chi connectivity index (χ4v) is 3.11. The van der Waals surface area contributed by atoms with Crippen molar-refractivity contribution in [1.29, 1.82) is 0 Å². The largest absolute Gasteiger partial charge is 0.492 e. The predicted octanol–water partition coefficient (Wildman–Crippen LogP) is 3.78. The van der Waals surface area contributed by atoms with Crippen molar-refractivity contribution in [2.45, 2.75) is 52.5 Å². The molecular weight excluding hydrogens is 455 g/mol. The Kier molecular flexibility index (Phi) is 11.2. The number of nitrogens with zero attached hydrogens (tertiary/aromatic N) is 1. The molecule has 1 amide bonds. The molecule has 0 bridgehead atoms. The molecule has 152 valence electrons. The minimum Gasteiger partial charge on any atom is -0.492 e. The number of benzene rings is 1. The Morgan fingerprint density at radius 2 is 2.00 bits per heavy atom. The van der Waals surface area contributed by atoms with E-state index in [-0.39, 0.29) is 29.9 Å². The highest BCUT2D eigenvalue weighted by Gasteiger charge is 2.18. The standard InChI is InChI=1S/C20H32N4O2.HI/c1-4-21-20(24-17-10-8-15(2)9-11-17)22-12-13-26-19-7-5-6-18(14-19)23-16(3)25;/h5-7,14-15,17H,4,8-13H2,1-3H3,(H,23,25)(H2,21,22,24);1H. The van der Waals surface area contributed by atoms with Crippen molar-refractivity contribution in [2.75, 3.05) is 25.0 Å². The van der Waals surface area contributed by atoms with Crippen molar-refractivity contribution in [2.24, 2.45) is 10.9 Å². The third-order valence-electron chi connectivity index (χ3n) is 4.49. The van der Waals surface area contributed by atoms with Gasteiger partial charge in [-0.15, -0.1) is 24.0 Å². The molecule has 0 saturated heterocycles. The summed E-state index contributed by atoms with van der Waals surface area (Å²) in [5.74, 6) is 2.34. The van der Waals surface area contributed by atoms with Gasteiger partial charge in [0.1, 0.15) is 12.4 Å². The molecule has 1 aromatic carbocycles. The first-order valence-corrected chi connectivity index (χ1v) is 9.62. The summed E-state index contributed by atoms with van der Waals surface area (Å²) in [4.78, 5) is 15.7. The van der Waals surface area contributed by atoms with Crippen molar-refractivity contribution >= 4 is 41.5 Å². The normalized spacial score (nSPS) is 19.6. The van der Waals surface area contributed by atoms with Gasteiger partial charge in [0.2, 0.25) is 5.91 Å². The van der Waals surface area contributed by atoms with E-state index in [0.29, 0.717) is 19.2 Å². The first kappa shape index (κ1) is 23.5. The molecule has 2 rings (SSSR count). The van der Waals surface area contributed by atoms with E-state index in [9.17, 15) is 4.79 Å². The van der Waals surface area contributed by atoms with E-state index in [1.807, 2.05) is 24.3 Å². The lowest BCUT2D eigenvalue weighted by atomic mass is 9.87. The zero-order chi connectivity index (χ0) is 18.8. The van der Waals surface area contributed by atoms with Crippen LogP contribution in [0.2, 0.25) is 0 Å². The molecule has 7 heteroatoms. The van der Waals surface area contributed by atoms with E-state index in [1.54, 1.807) is 0 Å². The van der Waals surface area contributed by atoms with Gasteiger partial charge >= 0.3 is 0 Å². The molecule has 0 aliphatic heterocycles. The molecule has 1 saturated carbocycles. The average molecular weight is 488 g/mol. The number of rotatable bonds is 7. The van der Waals surface area contributed by atoms with Gasteiger partial charge in [-0.05, 0) is 50.7 Å². The molecule has 0 aromatic heterocycles. The summed E-state index contributed by atoms with van der Waals surface area (Å²) in [6.45, 7) is 7.79. The number of hydrogen-bond acceptors (Lipinski definition) is 3. The van der Waals surface area contributed by atoms with Gasteiger partial charge in [-0.3, -0.25) is 4.79 Å². The molecule has 0 atom stereocenters. The molecule has 0 unspecified atom stereocenters. The summed E-state index contributed by atoms with van der Waals surface area (Å²) in [6, 6.07) is 7.91. The van der Waals surface area contributed by atoms with E-state index < -0.39 is 0 Å². The first-order chi connectivity index (χ1) is 12.6. The monoisotopic (exact) mass is 488 g/mol. The van der Waals surface area contributed by atoms with Gasteiger partial charge in [0.05, 0.1) is 6.54 Å². The van der Waals surface area contributed by atoms with E-state index in [4.69, 9.17) is 4.74 Å². The predicted molar refractivity (Wildman–Crippen MR) is 122 cm³/mol. The summed E-state index contributed by atoms with van der Waals surface area (Å²) in [5, 5.41) is 9.60. The van der Waals surface area contributed by atoms with Crippen molar-refractivity contribution < 1.29 is 9.53 Å². The summed E-state index contributed by atoms with van der Waals surface area (Å²) in [6.07, 6.45) is 4.98. The quantitative estimate of drug-likeness (QED) is 0.237. The van der Waals surface area contributed by atoms with Crippen LogP contribution < -0.4 is 20.7 Å². The number of carbonyl (C=O) groups is 1. The van der Waals surface area contributed by atoms with Crippen LogP contribution in [0.5, 0.6) is 5.75 Å². The number of nitrogens with one attached hydrogen (secondary N) is 3. The van der Waals surface area contributed by atoms with Crippen LogP contribution in [0.3, 0.4) is 0 Å². The Hall–Kier alpha value is -1.51. The van der Waals surface area contributed by atoms with Crippen LogP contribution in [-0.2, 0) is 4.79 Å². The van der Waals surface area contributed by atoms with Gasteiger partial charge in [-0.25, -0.2) is 4.99 Å². The lowest BCUT2D eigenvalue weighted by Crippen LogP contribution is -2.44. The summed E-state index contributed by atoms with van der Waals surface area (Å²) in [7, 11) is 0. The third kappa shape index (κ3) is 9.30. The number of guanidine groups is 1. The molecule has 27 heavy (non-hydrogen) atoms. The topological polar surface area (TPSA) is 74.8 Å². The Balaban J connectivity index is 0.00000364. The zero-order valence-electron chi connectivity index (χ0n) is 16.6. The first-order valence-electron chi connectivity index (χ1n) is 9.62. The fourth-order valence-electron chi connectivity index (χ4n) is 3.11. The number of carbonyl (C=O) groups excluding carboxylic acids is 1. The second-order valence-corrected chi connectivity index (χ2v) is 6.92. The highest BCUT2D eigenvalue weighted by Crippen LogP contribution is 2.23. The van der Waals surface area contributed by atoms with Crippen molar-refractivity contribution in [3.05, 3.63) is 24.3 Å². The van der Waals surface area contributed by atoms with Crippen LogP contribution in [0.25, 0.3) is 0 Å². The van der Waals surface area contributed by atoms with E-state index >= 15 is 0 Å². The highest BCUT2D eigenvalue weighted by atomic mass is 127. The highest BCUT2D eigenvalue weighted by molar-refractivity contribution is 14.0. The zero-order valence-corrected chi connectivity index (χ0v) is 18.9. The summed E-state index contributed by atoms with van der Waals surface area (Å²) in [5.41, 5.74) is 0.736. The molecule has 1 aliphatic carbocycles. The van der Waals surface area contributed by atoms with Crippen LogP contribution in [0.4, 0.5) is 5.69 Å². The van der Waals surface area contributed by atoms with Crippen molar-refractivity contribution in [3.63, 3.8) is 0 Å². The maximum atomic E-state index is 11.1. The van der Waals surface area contributed by atoms with E-state index in [0.717, 1.165) is 29.9 Å². The second kappa shape index (κ2) is 12.8. The number of halogens is 1. The lowest BCUT2D eigenvalue weighted by Gasteiger charge is -2.28. The number of ether oxygens (including phenoxy) is 1. The molecule has 0 radical (unpaired) electrons. The van der Waals surface area contributed by atoms with Gasteiger partial charge in [0.15, 0.2) is 5.96 Å². The van der Waals surface area contributed by atoms with Crippen LogP contribution in [-0.4, -0.2) is 37.6 Å². The maximum absolute atomic E-state index is 11.1. The van der Waals surface area contributed by atoms with Crippen LogP contribution in [0.15, 0.2) is 29.3 Å². The molecule has 0 heterocycles. The number of amides is 1. The van der Waals surface area contributed by atoms with Gasteiger partial charge in [0, 0.05) is 31.3 Å². The number of anilines is 1. The molecule has 0 spiro atoms. The van der Waals surface area contributed by atoms with Crippen LogP contribution >= 0.6 is 24.0 Å². The van der Waals surface area contributed by atoms with Crippen LogP contribution in [0, 0.1) is 5.92 Å². The Labute approximate surface area is 179 Å². The minimum atomic E-state index is -0.0924. The Morgan fingerprint density at radius 3 is 2.67 bits per heavy atom. The third-order valence-corrected chi connectivity index (χ3v) is 4.49. The van der Waals surface area contributed by atoms with E-state index in [2.05, 4.69) is 34.8 Å². The average Bonchev–Trinajstić information content (AvgIpc) is 2.60. The smallest absolute Gasteiger partial charge is 0.221 e. The molecular formula is C20H33IN4O2. The Morgan fingerprint density at radius 1 is 1.26 bits per heavy atom. The lowest BCUT2D eigenvalue weighted by molar-refractivity contribution is -0.114. The molecule has 3 N–H and O–H groups in total. The molecule has 1 aliphatic rings. The van der Waals surface area contributed by atoms with Gasteiger partial charge in [-0.2, -0.15) is 0 Å². The minimum absolute atomic E-state index is 0. The summed E-state index contributed by atoms with van der Waals surface area (Å²) < 4.78 is 5.75. The maximum Gasteiger partial charge on any atom is 0.221 e. The van der Waals surface area contributed by atoms with Crippen molar-refractivity contribution in [1.82, 2.24) is 10.6 Å². The van der Waals surface area contributed by atoms with Gasteiger partial charge in [0.25, 0.3) is 0 Å².